The molecule has 0 saturated heterocycles. The number of nitrogens with one attached hydrogen (secondary N) is 2. The molecular weight excluding hydrogens is 286 g/mol. The van der Waals surface area contributed by atoms with Crippen LogP contribution in [0.2, 0.25) is 5.02 Å². The summed E-state index contributed by atoms with van der Waals surface area (Å²) in [5.41, 5.74) is 0.529. The molecule has 0 saturated carbocycles. The van der Waals surface area contributed by atoms with Crippen LogP contribution in [0.1, 0.15) is 0 Å². The van der Waals surface area contributed by atoms with Crippen molar-refractivity contribution in [3.63, 3.8) is 0 Å². The minimum atomic E-state index is -0.914. The highest BCUT2D eigenvalue weighted by atomic mass is 35.5. The summed E-state index contributed by atoms with van der Waals surface area (Å²) in [6.45, 7) is -0.0584. The molecule has 1 amide bonds. The van der Waals surface area contributed by atoms with Crippen molar-refractivity contribution in [3.8, 4) is 0 Å². The van der Waals surface area contributed by atoms with Gasteiger partial charge in [0.25, 0.3) is 0 Å². The van der Waals surface area contributed by atoms with Gasteiger partial charge in [-0.3, -0.25) is 4.79 Å². The Morgan fingerprint density at radius 3 is 2.50 bits per heavy atom. The van der Waals surface area contributed by atoms with Crippen molar-refractivity contribution in [1.29, 1.82) is 0 Å². The van der Waals surface area contributed by atoms with Gasteiger partial charge in [-0.15, -0.1) is 0 Å². The monoisotopic (exact) mass is 296 g/mol. The van der Waals surface area contributed by atoms with E-state index in [0.29, 0.717) is 6.07 Å². The van der Waals surface area contributed by atoms with Crippen LogP contribution < -0.4 is 10.6 Å². The molecule has 0 aliphatic heterocycles. The van der Waals surface area contributed by atoms with E-state index in [4.69, 9.17) is 11.6 Å². The molecule has 6 heteroatoms. The van der Waals surface area contributed by atoms with E-state index in [1.165, 1.54) is 0 Å². The number of anilines is 2. The summed E-state index contributed by atoms with van der Waals surface area (Å²) in [4.78, 5) is 11.7. The molecule has 0 atom stereocenters. The number of halogens is 3. The second-order valence-electron chi connectivity index (χ2n) is 4.01. The summed E-state index contributed by atoms with van der Waals surface area (Å²) < 4.78 is 26.3. The third kappa shape index (κ3) is 3.68. The van der Waals surface area contributed by atoms with E-state index in [1.807, 2.05) is 18.2 Å². The Labute approximate surface area is 119 Å². The van der Waals surface area contributed by atoms with E-state index >= 15 is 0 Å². The van der Waals surface area contributed by atoms with Gasteiger partial charge in [0.15, 0.2) is 5.82 Å². The molecule has 3 nitrogen and oxygen atoms in total. The first-order valence-corrected chi connectivity index (χ1v) is 6.17. The molecule has 2 rings (SSSR count). The van der Waals surface area contributed by atoms with Crippen molar-refractivity contribution in [2.45, 2.75) is 0 Å². The Kier molecular flexibility index (Phi) is 4.53. The molecule has 0 aliphatic rings. The van der Waals surface area contributed by atoms with Gasteiger partial charge < -0.3 is 10.6 Å². The Morgan fingerprint density at radius 1 is 1.15 bits per heavy atom. The van der Waals surface area contributed by atoms with Crippen molar-refractivity contribution in [2.24, 2.45) is 0 Å². The molecule has 0 aromatic heterocycles. The van der Waals surface area contributed by atoms with Crippen LogP contribution in [0.3, 0.4) is 0 Å². The van der Waals surface area contributed by atoms with Gasteiger partial charge in [0.1, 0.15) is 5.82 Å². The number of hydrogen-bond donors (Lipinski definition) is 2. The smallest absolute Gasteiger partial charge is 0.243 e. The van der Waals surface area contributed by atoms with Gasteiger partial charge in [0.05, 0.1) is 17.3 Å². The third-order valence-electron chi connectivity index (χ3n) is 2.50. The average molecular weight is 297 g/mol. The van der Waals surface area contributed by atoms with Crippen LogP contribution in [0.4, 0.5) is 20.2 Å². The van der Waals surface area contributed by atoms with Gasteiger partial charge in [0.2, 0.25) is 5.91 Å². The van der Waals surface area contributed by atoms with Crippen LogP contribution in [-0.4, -0.2) is 12.5 Å². The molecule has 0 aliphatic carbocycles. The fourth-order valence-corrected chi connectivity index (χ4v) is 1.83. The maximum absolute atomic E-state index is 13.5. The highest BCUT2D eigenvalue weighted by molar-refractivity contribution is 6.33. The topological polar surface area (TPSA) is 41.1 Å². The van der Waals surface area contributed by atoms with Gasteiger partial charge in [-0.2, -0.15) is 0 Å². The maximum Gasteiger partial charge on any atom is 0.243 e. The van der Waals surface area contributed by atoms with Gasteiger partial charge in [0, 0.05) is 11.8 Å². The standard InChI is InChI=1S/C14H11ClF2N2O/c15-11-6-9(16)7-12(17)14(11)19-13(20)8-18-10-4-2-1-3-5-10/h1-7,18H,8H2,(H,19,20). The Hall–Kier alpha value is -2.14. The largest absolute Gasteiger partial charge is 0.376 e. The normalized spacial score (nSPS) is 10.2. The highest BCUT2D eigenvalue weighted by Crippen LogP contribution is 2.26. The minimum absolute atomic E-state index is 0.0584. The fraction of sp³-hybridized carbons (Fsp3) is 0.0714. The molecule has 0 heterocycles. The van der Waals surface area contributed by atoms with Gasteiger partial charge in [-0.05, 0) is 18.2 Å². The van der Waals surface area contributed by atoms with Crippen LogP contribution in [0, 0.1) is 11.6 Å². The zero-order valence-electron chi connectivity index (χ0n) is 10.3. The molecule has 0 bridgehead atoms. The summed E-state index contributed by atoms with van der Waals surface area (Å²) in [7, 11) is 0. The summed E-state index contributed by atoms with van der Waals surface area (Å²) in [5, 5.41) is 4.98. The number of carbonyl (C=O) groups is 1. The van der Waals surface area contributed by atoms with Crippen LogP contribution >= 0.6 is 11.6 Å². The van der Waals surface area contributed by atoms with E-state index in [2.05, 4.69) is 10.6 Å². The lowest BCUT2D eigenvalue weighted by Gasteiger charge is -2.10. The number of para-hydroxylation sites is 1. The van der Waals surface area contributed by atoms with E-state index in [1.54, 1.807) is 12.1 Å². The van der Waals surface area contributed by atoms with Crippen molar-refractivity contribution in [3.05, 3.63) is 59.1 Å². The zero-order valence-corrected chi connectivity index (χ0v) is 11.0. The zero-order chi connectivity index (χ0) is 14.5. The van der Waals surface area contributed by atoms with Crippen LogP contribution in [0.5, 0.6) is 0 Å². The first-order valence-electron chi connectivity index (χ1n) is 5.79. The number of hydrogen-bond acceptors (Lipinski definition) is 2. The lowest BCUT2D eigenvalue weighted by atomic mass is 10.3. The van der Waals surface area contributed by atoms with E-state index < -0.39 is 17.5 Å². The predicted molar refractivity (Wildman–Crippen MR) is 74.9 cm³/mol. The molecule has 2 aromatic carbocycles. The maximum atomic E-state index is 13.5. The minimum Gasteiger partial charge on any atom is -0.376 e. The molecule has 0 radical (unpaired) electrons. The van der Waals surface area contributed by atoms with Crippen LogP contribution in [0.15, 0.2) is 42.5 Å². The van der Waals surface area contributed by atoms with Crippen LogP contribution in [0.25, 0.3) is 0 Å². The highest BCUT2D eigenvalue weighted by Gasteiger charge is 2.12. The number of rotatable bonds is 4. The Balaban J connectivity index is 1.98. The van der Waals surface area contributed by atoms with Crippen LogP contribution in [-0.2, 0) is 4.79 Å². The third-order valence-corrected chi connectivity index (χ3v) is 2.80. The summed E-state index contributed by atoms with van der Waals surface area (Å²) in [5.74, 6) is -2.20. The van der Waals surface area contributed by atoms with E-state index in [-0.39, 0.29) is 17.3 Å². The Morgan fingerprint density at radius 2 is 1.85 bits per heavy atom. The number of benzene rings is 2. The van der Waals surface area contributed by atoms with Gasteiger partial charge >= 0.3 is 0 Å². The first kappa shape index (κ1) is 14.3. The molecule has 2 N–H and O–H groups in total. The van der Waals surface area contributed by atoms with Crippen molar-refractivity contribution in [1.82, 2.24) is 0 Å². The molecule has 0 unspecified atom stereocenters. The molecule has 0 fully saturated rings. The number of carbonyl (C=O) groups excluding carboxylic acids is 1. The molecule has 20 heavy (non-hydrogen) atoms. The SMILES string of the molecule is O=C(CNc1ccccc1)Nc1c(F)cc(F)cc1Cl. The fourth-order valence-electron chi connectivity index (χ4n) is 1.58. The van der Waals surface area contributed by atoms with Crippen molar-refractivity contribution < 1.29 is 13.6 Å². The summed E-state index contributed by atoms with van der Waals surface area (Å²) in [6.07, 6.45) is 0. The second kappa shape index (κ2) is 6.34. The second-order valence-corrected chi connectivity index (χ2v) is 4.42. The van der Waals surface area contributed by atoms with E-state index in [0.717, 1.165) is 11.8 Å². The molecule has 104 valence electrons. The van der Waals surface area contributed by atoms with Gasteiger partial charge in [-0.25, -0.2) is 8.78 Å². The lowest BCUT2D eigenvalue weighted by Crippen LogP contribution is -2.22. The molecule has 0 spiro atoms. The molecular formula is C14H11ClF2N2O. The lowest BCUT2D eigenvalue weighted by molar-refractivity contribution is -0.114. The predicted octanol–water partition coefficient (Wildman–Crippen LogP) is 3.67. The Bertz CT molecular complexity index is 597. The van der Waals surface area contributed by atoms with Crippen molar-refractivity contribution in [2.75, 3.05) is 17.2 Å². The number of amides is 1. The summed E-state index contributed by atoms with van der Waals surface area (Å²) >= 11 is 5.68. The summed E-state index contributed by atoms with van der Waals surface area (Å²) in [6, 6.07) is 10.7. The average Bonchev–Trinajstić information content (AvgIpc) is 2.42. The first-order chi connectivity index (χ1) is 9.56. The quantitative estimate of drug-likeness (QED) is 0.904. The van der Waals surface area contributed by atoms with E-state index in [9.17, 15) is 13.6 Å². The van der Waals surface area contributed by atoms with Gasteiger partial charge in [-0.1, -0.05) is 29.8 Å². The van der Waals surface area contributed by atoms with Crippen molar-refractivity contribution >= 4 is 28.9 Å². The molecule has 2 aromatic rings.